The highest BCUT2D eigenvalue weighted by molar-refractivity contribution is 7.71. The Kier molecular flexibility index (Phi) is 7.06. The van der Waals surface area contributed by atoms with Crippen molar-refractivity contribution in [2.24, 2.45) is 0 Å². The first-order chi connectivity index (χ1) is 7.10. The second-order valence-electron chi connectivity index (χ2n) is 2.40. The molecule has 0 fully saturated rings. The zero-order valence-electron chi connectivity index (χ0n) is 8.89. The van der Waals surface area contributed by atoms with E-state index in [4.69, 9.17) is 15.5 Å². The second kappa shape index (κ2) is 7.47. The Bertz CT molecular complexity index is 271. The Labute approximate surface area is 89.6 Å². The lowest BCUT2D eigenvalue weighted by Crippen LogP contribution is -2.09. The van der Waals surface area contributed by atoms with Crippen molar-refractivity contribution < 1.29 is 23.1 Å². The highest BCUT2D eigenvalue weighted by Gasteiger charge is 2.36. The number of hydrogen-bond donors (Lipinski definition) is 0. The molecule has 0 radical (unpaired) electrons. The molecule has 0 saturated heterocycles. The highest BCUT2D eigenvalue weighted by Crippen LogP contribution is 2.49. The van der Waals surface area contributed by atoms with Crippen LogP contribution >= 0.6 is 7.60 Å². The SMILES string of the molecule is C#CCCOC(=O)P(=O)(OCC)OCC. The van der Waals surface area contributed by atoms with Crippen molar-refractivity contribution in [1.29, 1.82) is 0 Å². The quantitative estimate of drug-likeness (QED) is 0.384. The van der Waals surface area contributed by atoms with E-state index in [1.54, 1.807) is 13.8 Å². The first-order valence-corrected chi connectivity index (χ1v) is 6.14. The van der Waals surface area contributed by atoms with E-state index in [9.17, 15) is 9.36 Å². The molecule has 6 heteroatoms. The Morgan fingerprint density at radius 3 is 2.27 bits per heavy atom. The molecule has 0 aliphatic heterocycles. The third kappa shape index (κ3) is 4.98. The lowest BCUT2D eigenvalue weighted by Gasteiger charge is -2.14. The van der Waals surface area contributed by atoms with Gasteiger partial charge in [-0.15, -0.1) is 12.3 Å². The molecular weight excluding hydrogens is 219 g/mol. The van der Waals surface area contributed by atoms with E-state index < -0.39 is 13.3 Å². The lowest BCUT2D eigenvalue weighted by atomic mass is 10.5. The van der Waals surface area contributed by atoms with Crippen LogP contribution in [0, 0.1) is 12.3 Å². The number of carbonyl (C=O) groups excluding carboxylic acids is 1. The van der Waals surface area contributed by atoms with Crippen molar-refractivity contribution in [3.63, 3.8) is 0 Å². The summed E-state index contributed by atoms with van der Waals surface area (Å²) < 4.78 is 25.9. The normalized spacial score (nSPS) is 10.7. The molecule has 0 bridgehead atoms. The van der Waals surface area contributed by atoms with Crippen LogP contribution in [0.2, 0.25) is 0 Å². The Balaban J connectivity index is 4.30. The molecule has 0 aromatic rings. The molecule has 5 nitrogen and oxygen atoms in total. The van der Waals surface area contributed by atoms with Crippen molar-refractivity contribution in [1.82, 2.24) is 0 Å². The maximum Gasteiger partial charge on any atom is 0.438 e. The number of terminal acetylenes is 1. The fourth-order valence-corrected chi connectivity index (χ4v) is 1.97. The fraction of sp³-hybridized carbons (Fsp3) is 0.667. The van der Waals surface area contributed by atoms with E-state index in [-0.39, 0.29) is 26.2 Å². The zero-order valence-corrected chi connectivity index (χ0v) is 9.79. The number of hydrogen-bond acceptors (Lipinski definition) is 5. The summed E-state index contributed by atoms with van der Waals surface area (Å²) in [6.07, 6.45) is 5.24. The predicted molar refractivity (Wildman–Crippen MR) is 55.7 cm³/mol. The minimum absolute atomic E-state index is 0.0134. The van der Waals surface area contributed by atoms with Crippen molar-refractivity contribution in [2.75, 3.05) is 19.8 Å². The van der Waals surface area contributed by atoms with Gasteiger partial charge in [-0.3, -0.25) is 0 Å². The molecule has 0 aromatic heterocycles. The summed E-state index contributed by atoms with van der Waals surface area (Å²) in [6.45, 7) is 3.46. The maximum absolute atomic E-state index is 11.7. The van der Waals surface area contributed by atoms with E-state index >= 15 is 0 Å². The largest absolute Gasteiger partial charge is 0.456 e. The number of ether oxygens (including phenoxy) is 1. The molecule has 0 aliphatic carbocycles. The Morgan fingerprint density at radius 2 is 1.87 bits per heavy atom. The summed E-state index contributed by atoms with van der Waals surface area (Å²) in [7, 11) is -3.78. The van der Waals surface area contributed by atoms with Gasteiger partial charge in [0.1, 0.15) is 6.61 Å². The van der Waals surface area contributed by atoms with Crippen LogP contribution in [0.4, 0.5) is 4.79 Å². The molecule has 0 amide bonds. The standard InChI is InChI=1S/C9H15O5P/c1-4-7-8-12-9(10)15(11,13-5-2)14-6-3/h1H,5-8H2,2-3H3. The smallest absolute Gasteiger partial charge is 0.438 e. The van der Waals surface area contributed by atoms with Crippen molar-refractivity contribution >= 4 is 13.3 Å². The monoisotopic (exact) mass is 234 g/mol. The third-order valence-corrected chi connectivity index (χ3v) is 3.07. The fourth-order valence-electron chi connectivity index (χ4n) is 0.759. The van der Waals surface area contributed by atoms with Gasteiger partial charge in [-0.05, 0) is 13.8 Å². The van der Waals surface area contributed by atoms with Crippen LogP contribution in [-0.4, -0.2) is 25.5 Å². The van der Waals surface area contributed by atoms with Gasteiger partial charge in [0.15, 0.2) is 0 Å². The van der Waals surface area contributed by atoms with Crippen LogP contribution in [0.1, 0.15) is 20.3 Å². The van der Waals surface area contributed by atoms with E-state index in [0.29, 0.717) is 0 Å². The van der Waals surface area contributed by atoms with Crippen molar-refractivity contribution in [3.05, 3.63) is 0 Å². The van der Waals surface area contributed by atoms with Crippen LogP contribution in [0.3, 0.4) is 0 Å². The summed E-state index contributed by atoms with van der Waals surface area (Å²) in [5.74, 6) is 2.29. The summed E-state index contributed by atoms with van der Waals surface area (Å²) >= 11 is 0. The average Bonchev–Trinajstić information content (AvgIpc) is 2.18. The van der Waals surface area contributed by atoms with Gasteiger partial charge in [0.05, 0.1) is 13.2 Å². The molecule has 0 rings (SSSR count). The van der Waals surface area contributed by atoms with Gasteiger partial charge in [-0.1, -0.05) is 0 Å². The number of rotatable bonds is 7. The molecule has 15 heavy (non-hydrogen) atoms. The third-order valence-electron chi connectivity index (χ3n) is 1.29. The van der Waals surface area contributed by atoms with Crippen molar-refractivity contribution in [2.45, 2.75) is 20.3 Å². The summed E-state index contributed by atoms with van der Waals surface area (Å²) in [5.41, 5.74) is -0.985. The maximum atomic E-state index is 11.7. The molecule has 0 atom stereocenters. The van der Waals surface area contributed by atoms with E-state index in [0.717, 1.165) is 0 Å². The van der Waals surface area contributed by atoms with Gasteiger partial charge in [0.25, 0.3) is 0 Å². The first-order valence-electron chi connectivity index (χ1n) is 4.60. The van der Waals surface area contributed by atoms with Crippen molar-refractivity contribution in [3.8, 4) is 12.3 Å². The van der Waals surface area contributed by atoms with Crippen LogP contribution in [0.5, 0.6) is 0 Å². The summed E-state index contributed by atoms with van der Waals surface area (Å²) in [5, 5.41) is 0. The van der Waals surface area contributed by atoms with E-state index in [2.05, 4.69) is 10.7 Å². The molecular formula is C9H15O5P. The van der Waals surface area contributed by atoms with Gasteiger partial charge < -0.3 is 13.8 Å². The van der Waals surface area contributed by atoms with E-state index in [1.165, 1.54) is 0 Å². The highest BCUT2D eigenvalue weighted by atomic mass is 31.2. The van der Waals surface area contributed by atoms with Gasteiger partial charge in [-0.25, -0.2) is 9.36 Å². The van der Waals surface area contributed by atoms with Gasteiger partial charge >= 0.3 is 13.3 Å². The van der Waals surface area contributed by atoms with Crippen LogP contribution in [0.25, 0.3) is 0 Å². The molecule has 0 spiro atoms. The minimum atomic E-state index is -3.78. The first kappa shape index (κ1) is 14.2. The molecule has 86 valence electrons. The molecule has 0 aromatic carbocycles. The minimum Gasteiger partial charge on any atom is -0.456 e. The number of carbonyl (C=O) groups is 1. The predicted octanol–water partition coefficient (Wildman–Crippen LogP) is 2.41. The lowest BCUT2D eigenvalue weighted by molar-refractivity contribution is 0.150. The molecule has 0 aliphatic rings. The van der Waals surface area contributed by atoms with E-state index in [1.807, 2.05) is 0 Å². The molecule has 0 unspecified atom stereocenters. The zero-order chi connectivity index (χ0) is 11.7. The van der Waals surface area contributed by atoms with Gasteiger partial charge in [0.2, 0.25) is 0 Å². The molecule has 0 saturated carbocycles. The molecule has 0 heterocycles. The van der Waals surface area contributed by atoms with Crippen LogP contribution < -0.4 is 0 Å². The Hall–Kier alpha value is -0.820. The second-order valence-corrected chi connectivity index (χ2v) is 4.28. The van der Waals surface area contributed by atoms with Gasteiger partial charge in [-0.2, -0.15) is 0 Å². The van der Waals surface area contributed by atoms with Crippen LogP contribution in [-0.2, 0) is 18.3 Å². The summed E-state index contributed by atoms with van der Waals surface area (Å²) in [4.78, 5) is 11.3. The topological polar surface area (TPSA) is 61.8 Å². The summed E-state index contributed by atoms with van der Waals surface area (Å²) in [6, 6.07) is 0. The van der Waals surface area contributed by atoms with Gasteiger partial charge in [0, 0.05) is 6.42 Å². The average molecular weight is 234 g/mol. The van der Waals surface area contributed by atoms with Crippen LogP contribution in [0.15, 0.2) is 0 Å². The molecule has 0 N–H and O–H groups in total. The Morgan fingerprint density at radius 1 is 1.33 bits per heavy atom.